The first kappa shape index (κ1) is 22.4. The molecule has 0 bridgehead atoms. The first-order chi connectivity index (χ1) is 13.9. The number of benzene rings is 1. The summed E-state index contributed by atoms with van der Waals surface area (Å²) >= 11 is 6.18. The molecule has 0 unspecified atom stereocenters. The van der Waals surface area contributed by atoms with Gasteiger partial charge in [0.25, 0.3) is 5.91 Å². The lowest BCUT2D eigenvalue weighted by Crippen LogP contribution is -2.33. The second-order valence-electron chi connectivity index (χ2n) is 5.88. The number of hydrogen-bond acceptors (Lipinski definition) is 6. The first-order valence-electron chi connectivity index (χ1n) is 8.59. The predicted molar refractivity (Wildman–Crippen MR) is 117 cm³/mol. The lowest BCUT2D eigenvalue weighted by Gasteiger charge is -2.15. The number of ether oxygens (including phenoxy) is 2. The molecular weight excluding hydrogens is 410 g/mol. The predicted octanol–water partition coefficient (Wildman–Crippen LogP) is 4.02. The lowest BCUT2D eigenvalue weighted by molar-refractivity contribution is -0.140. The van der Waals surface area contributed by atoms with Crippen LogP contribution < -0.4 is 0 Å². The van der Waals surface area contributed by atoms with E-state index in [4.69, 9.17) is 26.8 Å². The molecule has 0 spiro atoms. The number of carbonyl (C=O) groups excluding carboxylic acids is 1. The molecule has 2 rings (SSSR count). The number of nitrogens with zero attached hydrogens (tertiary/aromatic N) is 1. The standard InChI is InChI=1S/C21H21NO5S2/c1-4-8-17(27-13-15-9-6-5-7-10-15)16(14(2)26-3)11-18-20(25)22(12-19(23)24)21(28)29-18/h4-11H,1,12-13H2,2-3H3,(H,23,24)/b16-14?,17-8+,18-11-. The van der Waals surface area contributed by atoms with Crippen molar-refractivity contribution < 1.29 is 24.2 Å². The van der Waals surface area contributed by atoms with Crippen LogP contribution in [0.5, 0.6) is 0 Å². The smallest absolute Gasteiger partial charge is 0.323 e. The number of thiocarbonyl (C=S) groups is 1. The fourth-order valence-electron chi connectivity index (χ4n) is 2.42. The summed E-state index contributed by atoms with van der Waals surface area (Å²) in [5.74, 6) is -0.615. The van der Waals surface area contributed by atoms with E-state index in [9.17, 15) is 9.59 Å². The maximum absolute atomic E-state index is 12.6. The lowest BCUT2D eigenvalue weighted by atomic mass is 10.1. The van der Waals surface area contributed by atoms with Gasteiger partial charge in [-0.25, -0.2) is 0 Å². The number of hydrogen-bond donors (Lipinski definition) is 1. The zero-order chi connectivity index (χ0) is 21.4. The third kappa shape index (κ3) is 6.07. The summed E-state index contributed by atoms with van der Waals surface area (Å²) in [6.45, 7) is 5.29. The Morgan fingerprint density at radius 1 is 1.34 bits per heavy atom. The van der Waals surface area contributed by atoms with E-state index in [-0.39, 0.29) is 4.32 Å². The Morgan fingerprint density at radius 3 is 2.62 bits per heavy atom. The van der Waals surface area contributed by atoms with Gasteiger partial charge in [0.05, 0.1) is 17.6 Å². The largest absolute Gasteiger partial charge is 0.501 e. The van der Waals surface area contributed by atoms with E-state index in [1.54, 1.807) is 25.2 Å². The molecule has 6 nitrogen and oxygen atoms in total. The molecule has 0 radical (unpaired) electrons. The molecule has 1 amide bonds. The molecule has 152 valence electrons. The Labute approximate surface area is 179 Å². The molecule has 1 aromatic rings. The minimum atomic E-state index is -1.13. The van der Waals surface area contributed by atoms with Crippen LogP contribution in [0.4, 0.5) is 0 Å². The highest BCUT2D eigenvalue weighted by Crippen LogP contribution is 2.34. The number of rotatable bonds is 9. The molecule has 1 saturated heterocycles. The number of aliphatic carboxylic acids is 1. The highest BCUT2D eigenvalue weighted by Gasteiger charge is 2.34. The average molecular weight is 432 g/mol. The second-order valence-corrected chi connectivity index (χ2v) is 7.55. The second kappa shape index (κ2) is 10.6. The van der Waals surface area contributed by atoms with Crippen LogP contribution in [0.25, 0.3) is 0 Å². The number of carboxylic acid groups (broad SMARTS) is 1. The Bertz CT molecular complexity index is 903. The van der Waals surface area contributed by atoms with E-state index in [2.05, 4.69) is 6.58 Å². The van der Waals surface area contributed by atoms with Gasteiger partial charge in [0.15, 0.2) is 0 Å². The van der Waals surface area contributed by atoms with Crippen LogP contribution in [-0.4, -0.2) is 39.9 Å². The summed E-state index contributed by atoms with van der Waals surface area (Å²) in [5, 5.41) is 8.99. The number of carbonyl (C=O) groups is 2. The summed E-state index contributed by atoms with van der Waals surface area (Å²) in [5.41, 5.74) is 1.52. The Hall–Kier alpha value is -2.84. The van der Waals surface area contributed by atoms with E-state index < -0.39 is 18.4 Å². The molecule has 1 aliphatic rings. The highest BCUT2D eigenvalue weighted by atomic mass is 32.2. The van der Waals surface area contributed by atoms with Crippen molar-refractivity contribution in [3.8, 4) is 0 Å². The number of carboxylic acids is 1. The monoisotopic (exact) mass is 431 g/mol. The fourth-order valence-corrected chi connectivity index (χ4v) is 3.65. The highest BCUT2D eigenvalue weighted by molar-refractivity contribution is 8.26. The van der Waals surface area contributed by atoms with Crippen LogP contribution in [-0.2, 0) is 25.7 Å². The quantitative estimate of drug-likeness (QED) is 0.274. The van der Waals surface area contributed by atoms with Gasteiger partial charge in [-0.2, -0.15) is 0 Å². The summed E-state index contributed by atoms with van der Waals surface area (Å²) in [6, 6.07) is 9.63. The van der Waals surface area contributed by atoms with Crippen molar-refractivity contribution >= 4 is 40.2 Å². The summed E-state index contributed by atoms with van der Waals surface area (Å²) in [4.78, 5) is 24.9. The fraction of sp³-hybridized carbons (Fsp3) is 0.190. The van der Waals surface area contributed by atoms with Gasteiger partial charge in [0.2, 0.25) is 0 Å². The molecule has 1 heterocycles. The van der Waals surface area contributed by atoms with Gasteiger partial charge >= 0.3 is 5.97 Å². The Balaban J connectivity index is 2.34. The van der Waals surface area contributed by atoms with Crippen LogP contribution >= 0.6 is 24.0 Å². The van der Waals surface area contributed by atoms with Crippen LogP contribution in [0.1, 0.15) is 12.5 Å². The SMILES string of the molecule is C=C/C=C(/OCc1ccccc1)C(/C=C1\SC(=S)N(CC(=O)O)C1=O)=C(C)OC. The van der Waals surface area contributed by atoms with E-state index in [0.717, 1.165) is 22.2 Å². The molecule has 8 heteroatoms. The van der Waals surface area contributed by atoms with Gasteiger partial charge in [-0.3, -0.25) is 14.5 Å². The van der Waals surface area contributed by atoms with Gasteiger partial charge in [0.1, 0.15) is 29.0 Å². The van der Waals surface area contributed by atoms with Gasteiger partial charge in [-0.05, 0) is 24.6 Å². The minimum absolute atomic E-state index is 0.192. The third-order valence-electron chi connectivity index (χ3n) is 3.90. The number of thioether (sulfide) groups is 1. The Kier molecular flexibility index (Phi) is 8.23. The third-order valence-corrected chi connectivity index (χ3v) is 5.28. The van der Waals surface area contributed by atoms with Crippen LogP contribution in [0.3, 0.4) is 0 Å². The van der Waals surface area contributed by atoms with E-state index in [0.29, 0.717) is 28.6 Å². The van der Waals surface area contributed by atoms with Gasteiger partial charge < -0.3 is 14.6 Å². The normalized spacial score (nSPS) is 16.7. The van der Waals surface area contributed by atoms with Crippen LogP contribution in [0.2, 0.25) is 0 Å². The number of allylic oxidation sites excluding steroid dienone is 4. The van der Waals surface area contributed by atoms with Gasteiger partial charge in [0, 0.05) is 0 Å². The molecule has 29 heavy (non-hydrogen) atoms. The van der Waals surface area contributed by atoms with E-state index in [1.807, 2.05) is 30.3 Å². The zero-order valence-corrected chi connectivity index (χ0v) is 17.7. The van der Waals surface area contributed by atoms with Crippen LogP contribution in [0.15, 0.2) is 77.1 Å². The van der Waals surface area contributed by atoms with Crippen molar-refractivity contribution in [1.82, 2.24) is 4.90 Å². The zero-order valence-electron chi connectivity index (χ0n) is 16.1. The number of amides is 1. The maximum atomic E-state index is 12.6. The van der Waals surface area contributed by atoms with Crippen molar-refractivity contribution in [1.29, 1.82) is 0 Å². The summed E-state index contributed by atoms with van der Waals surface area (Å²) in [7, 11) is 1.52. The van der Waals surface area contributed by atoms with Crippen molar-refractivity contribution in [2.24, 2.45) is 0 Å². The van der Waals surface area contributed by atoms with Crippen molar-refractivity contribution in [3.05, 3.63) is 82.7 Å². The summed E-state index contributed by atoms with van der Waals surface area (Å²) < 4.78 is 11.5. The van der Waals surface area contributed by atoms with Crippen LogP contribution in [0, 0.1) is 0 Å². The molecule has 0 aromatic heterocycles. The molecule has 1 fully saturated rings. The van der Waals surface area contributed by atoms with Crippen molar-refractivity contribution in [2.75, 3.05) is 13.7 Å². The van der Waals surface area contributed by atoms with Crippen molar-refractivity contribution in [2.45, 2.75) is 13.5 Å². The average Bonchev–Trinajstić information content (AvgIpc) is 2.96. The van der Waals surface area contributed by atoms with E-state index in [1.165, 1.54) is 7.11 Å². The molecule has 1 aromatic carbocycles. The summed E-state index contributed by atoms with van der Waals surface area (Å²) in [6.07, 6.45) is 4.85. The maximum Gasteiger partial charge on any atom is 0.323 e. The molecule has 1 N–H and O–H groups in total. The molecule has 0 saturated carbocycles. The van der Waals surface area contributed by atoms with E-state index >= 15 is 0 Å². The Morgan fingerprint density at radius 2 is 2.03 bits per heavy atom. The molecule has 1 aliphatic heterocycles. The van der Waals surface area contributed by atoms with Gasteiger partial charge in [-0.15, -0.1) is 0 Å². The molecule has 0 aliphatic carbocycles. The van der Waals surface area contributed by atoms with Gasteiger partial charge in [-0.1, -0.05) is 67.0 Å². The topological polar surface area (TPSA) is 76.1 Å². The number of methoxy groups -OCH3 is 1. The van der Waals surface area contributed by atoms with Crippen molar-refractivity contribution in [3.63, 3.8) is 0 Å². The molecule has 0 atom stereocenters. The minimum Gasteiger partial charge on any atom is -0.501 e. The first-order valence-corrected chi connectivity index (χ1v) is 9.81. The molecular formula is C21H21NO5S2.